The van der Waals surface area contributed by atoms with Crippen molar-refractivity contribution >= 4 is 27.8 Å². The third-order valence-electron chi connectivity index (χ3n) is 2.55. The highest BCUT2D eigenvalue weighted by atomic mass is 79.9. The van der Waals surface area contributed by atoms with Crippen LogP contribution in [-0.2, 0) is 0 Å². The van der Waals surface area contributed by atoms with Crippen molar-refractivity contribution in [2.75, 3.05) is 7.11 Å². The molecular weight excluding hydrogens is 306 g/mol. The molecule has 0 radical (unpaired) electrons. The largest absolute Gasteiger partial charge is 0.496 e. The predicted molar refractivity (Wildman–Crippen MR) is 78.3 cm³/mol. The normalized spacial score (nSPS) is 10.6. The summed E-state index contributed by atoms with van der Waals surface area (Å²) in [5, 5.41) is 0. The number of pyridine rings is 1. The molecule has 0 saturated carbocycles. The number of aromatic nitrogens is 1. The van der Waals surface area contributed by atoms with Gasteiger partial charge in [-0.2, -0.15) is 0 Å². The number of ether oxygens (including phenoxy) is 1. The number of hydrogen-bond donors (Lipinski definition) is 0. The van der Waals surface area contributed by atoms with E-state index in [1.807, 2.05) is 12.1 Å². The van der Waals surface area contributed by atoms with E-state index in [0.29, 0.717) is 11.3 Å². The Morgan fingerprint density at radius 2 is 2.21 bits per heavy atom. The van der Waals surface area contributed by atoms with Gasteiger partial charge in [0.05, 0.1) is 11.6 Å². The van der Waals surface area contributed by atoms with E-state index in [4.69, 9.17) is 4.74 Å². The zero-order valence-corrected chi connectivity index (χ0v) is 11.9. The van der Waals surface area contributed by atoms with E-state index in [2.05, 4.69) is 20.9 Å². The summed E-state index contributed by atoms with van der Waals surface area (Å²) in [7, 11) is 1.59. The zero-order chi connectivity index (χ0) is 13.7. The van der Waals surface area contributed by atoms with E-state index in [1.54, 1.807) is 43.8 Å². The second kappa shape index (κ2) is 6.29. The van der Waals surface area contributed by atoms with E-state index in [-0.39, 0.29) is 5.78 Å². The van der Waals surface area contributed by atoms with Crippen molar-refractivity contribution in [2.45, 2.75) is 0 Å². The fraction of sp³-hybridized carbons (Fsp3) is 0.0667. The average Bonchev–Trinajstić information content (AvgIpc) is 2.45. The molecule has 19 heavy (non-hydrogen) atoms. The summed E-state index contributed by atoms with van der Waals surface area (Å²) in [6, 6.07) is 8.96. The molecule has 0 N–H and O–H groups in total. The first-order valence-corrected chi connectivity index (χ1v) is 6.46. The molecule has 0 fully saturated rings. The highest BCUT2D eigenvalue weighted by Gasteiger charge is 2.06. The minimum Gasteiger partial charge on any atom is -0.496 e. The van der Waals surface area contributed by atoms with Crippen LogP contribution < -0.4 is 4.74 Å². The van der Waals surface area contributed by atoms with Crippen LogP contribution in [0.3, 0.4) is 0 Å². The third-order valence-corrected chi connectivity index (χ3v) is 3.17. The van der Waals surface area contributed by atoms with E-state index in [0.717, 1.165) is 10.0 Å². The SMILES string of the molecule is COc1ccc(C(=O)/C=C/c2cccnc2)cc1Br. The Bertz CT molecular complexity index is 609. The molecule has 1 aromatic carbocycles. The molecule has 96 valence electrons. The van der Waals surface area contributed by atoms with Crippen LogP contribution in [0.2, 0.25) is 0 Å². The number of carbonyl (C=O) groups excluding carboxylic acids is 1. The number of ketones is 1. The van der Waals surface area contributed by atoms with Crippen LogP contribution in [0.25, 0.3) is 6.08 Å². The smallest absolute Gasteiger partial charge is 0.185 e. The zero-order valence-electron chi connectivity index (χ0n) is 10.3. The van der Waals surface area contributed by atoms with Crippen LogP contribution in [-0.4, -0.2) is 17.9 Å². The van der Waals surface area contributed by atoms with Gasteiger partial charge in [-0.3, -0.25) is 9.78 Å². The molecule has 0 amide bonds. The summed E-state index contributed by atoms with van der Waals surface area (Å²) in [5.41, 5.74) is 1.50. The standard InChI is InChI=1S/C15H12BrNO2/c1-19-15-7-5-12(9-13(15)16)14(18)6-4-11-3-2-8-17-10-11/h2-10H,1H3/b6-4+. The van der Waals surface area contributed by atoms with Gasteiger partial charge < -0.3 is 4.74 Å². The summed E-state index contributed by atoms with van der Waals surface area (Å²) < 4.78 is 5.88. The summed E-state index contributed by atoms with van der Waals surface area (Å²) in [6.07, 6.45) is 6.67. The van der Waals surface area contributed by atoms with E-state index >= 15 is 0 Å². The highest BCUT2D eigenvalue weighted by molar-refractivity contribution is 9.10. The number of nitrogens with zero attached hydrogens (tertiary/aromatic N) is 1. The number of carbonyl (C=O) groups is 1. The monoisotopic (exact) mass is 317 g/mol. The number of benzene rings is 1. The van der Waals surface area contributed by atoms with Crippen LogP contribution in [0.5, 0.6) is 5.75 Å². The molecular formula is C15H12BrNO2. The van der Waals surface area contributed by atoms with Gasteiger partial charge >= 0.3 is 0 Å². The Morgan fingerprint density at radius 3 is 2.84 bits per heavy atom. The second-order valence-corrected chi connectivity index (χ2v) is 4.69. The molecule has 0 aliphatic carbocycles. The molecule has 0 aliphatic heterocycles. The van der Waals surface area contributed by atoms with Gasteiger partial charge in [-0.15, -0.1) is 0 Å². The Hall–Kier alpha value is -1.94. The van der Waals surface area contributed by atoms with Crippen molar-refractivity contribution in [1.29, 1.82) is 0 Å². The van der Waals surface area contributed by atoms with Crippen molar-refractivity contribution in [1.82, 2.24) is 4.98 Å². The molecule has 1 aromatic heterocycles. The van der Waals surface area contributed by atoms with Crippen molar-refractivity contribution in [3.8, 4) is 5.75 Å². The molecule has 0 saturated heterocycles. The Balaban J connectivity index is 2.16. The summed E-state index contributed by atoms with van der Waals surface area (Å²) in [4.78, 5) is 16.0. The lowest BCUT2D eigenvalue weighted by molar-refractivity contribution is 0.104. The average molecular weight is 318 g/mol. The lowest BCUT2D eigenvalue weighted by Crippen LogP contribution is -1.95. The van der Waals surface area contributed by atoms with Gasteiger partial charge in [-0.05, 0) is 57.9 Å². The van der Waals surface area contributed by atoms with Gasteiger partial charge in [0.15, 0.2) is 5.78 Å². The summed E-state index contributed by atoms with van der Waals surface area (Å²) in [5.74, 6) is 0.639. The van der Waals surface area contributed by atoms with Crippen molar-refractivity contribution < 1.29 is 9.53 Å². The second-order valence-electron chi connectivity index (χ2n) is 3.83. The van der Waals surface area contributed by atoms with Crippen LogP contribution in [0, 0.1) is 0 Å². The summed E-state index contributed by atoms with van der Waals surface area (Å²) >= 11 is 3.36. The van der Waals surface area contributed by atoms with E-state index in [9.17, 15) is 4.79 Å². The van der Waals surface area contributed by atoms with Gasteiger partial charge in [0.1, 0.15) is 5.75 Å². The molecule has 1 heterocycles. The van der Waals surface area contributed by atoms with Crippen molar-refractivity contribution in [2.24, 2.45) is 0 Å². The number of allylic oxidation sites excluding steroid dienone is 1. The van der Waals surface area contributed by atoms with Crippen LogP contribution >= 0.6 is 15.9 Å². The number of rotatable bonds is 4. The van der Waals surface area contributed by atoms with Crippen LogP contribution in [0.4, 0.5) is 0 Å². The van der Waals surface area contributed by atoms with Gasteiger partial charge in [0.2, 0.25) is 0 Å². The van der Waals surface area contributed by atoms with E-state index in [1.165, 1.54) is 6.08 Å². The third kappa shape index (κ3) is 3.51. The van der Waals surface area contributed by atoms with Gasteiger partial charge in [-0.1, -0.05) is 6.07 Å². The number of halogens is 1. The maximum Gasteiger partial charge on any atom is 0.185 e. The van der Waals surface area contributed by atoms with Crippen LogP contribution in [0.15, 0.2) is 53.3 Å². The highest BCUT2D eigenvalue weighted by Crippen LogP contribution is 2.25. The molecule has 0 atom stereocenters. The predicted octanol–water partition coefficient (Wildman–Crippen LogP) is 3.75. The first kappa shape index (κ1) is 13.5. The lowest BCUT2D eigenvalue weighted by atomic mass is 10.1. The Kier molecular flexibility index (Phi) is 4.47. The molecule has 3 nitrogen and oxygen atoms in total. The quantitative estimate of drug-likeness (QED) is 0.637. The van der Waals surface area contributed by atoms with Crippen molar-refractivity contribution in [3.63, 3.8) is 0 Å². The maximum atomic E-state index is 12.0. The summed E-state index contributed by atoms with van der Waals surface area (Å²) in [6.45, 7) is 0. The molecule has 0 bridgehead atoms. The number of hydrogen-bond acceptors (Lipinski definition) is 3. The maximum absolute atomic E-state index is 12.0. The lowest BCUT2D eigenvalue weighted by Gasteiger charge is -2.03. The minimum atomic E-state index is -0.0628. The molecule has 4 heteroatoms. The molecule has 0 aliphatic rings. The number of methoxy groups -OCH3 is 1. The molecule has 2 rings (SSSR count). The van der Waals surface area contributed by atoms with Gasteiger partial charge in [0, 0.05) is 18.0 Å². The first-order chi connectivity index (χ1) is 9.20. The Labute approximate surface area is 120 Å². The minimum absolute atomic E-state index is 0.0628. The van der Waals surface area contributed by atoms with Gasteiger partial charge in [0.25, 0.3) is 0 Å². The first-order valence-electron chi connectivity index (χ1n) is 5.66. The Morgan fingerprint density at radius 1 is 1.37 bits per heavy atom. The molecule has 0 spiro atoms. The topological polar surface area (TPSA) is 39.2 Å². The van der Waals surface area contributed by atoms with Crippen LogP contribution in [0.1, 0.15) is 15.9 Å². The molecule has 2 aromatic rings. The fourth-order valence-corrected chi connectivity index (χ4v) is 2.10. The van der Waals surface area contributed by atoms with Crippen molar-refractivity contribution in [3.05, 3.63) is 64.4 Å². The fourth-order valence-electron chi connectivity index (χ4n) is 1.56. The van der Waals surface area contributed by atoms with E-state index < -0.39 is 0 Å². The molecule has 0 unspecified atom stereocenters. The van der Waals surface area contributed by atoms with Gasteiger partial charge in [-0.25, -0.2) is 0 Å².